The minimum absolute atomic E-state index is 0.0372. The van der Waals surface area contributed by atoms with E-state index in [9.17, 15) is 9.59 Å². The van der Waals surface area contributed by atoms with Crippen molar-refractivity contribution >= 4 is 35.0 Å². The number of likely N-dealkylation sites (tertiary alicyclic amines) is 1. The number of piperidine rings is 1. The molecule has 0 spiro atoms. The predicted molar refractivity (Wildman–Crippen MR) is 133 cm³/mol. The van der Waals surface area contributed by atoms with Crippen LogP contribution in [0, 0.1) is 12.3 Å². The molecule has 0 bridgehead atoms. The van der Waals surface area contributed by atoms with E-state index in [1.165, 1.54) is 0 Å². The fraction of sp³-hybridized carbons (Fsp3) is 0.462. The molecule has 4 rings (SSSR count). The van der Waals surface area contributed by atoms with E-state index in [2.05, 4.69) is 0 Å². The molecule has 0 N–H and O–H groups in total. The largest absolute Gasteiger partial charge is 0.493 e. The van der Waals surface area contributed by atoms with Gasteiger partial charge in [0.1, 0.15) is 5.75 Å². The topological polar surface area (TPSA) is 59.1 Å². The van der Waals surface area contributed by atoms with E-state index in [1.54, 1.807) is 24.3 Å². The van der Waals surface area contributed by atoms with Crippen LogP contribution in [0.2, 0.25) is 10.0 Å². The van der Waals surface area contributed by atoms with E-state index in [1.807, 2.05) is 34.9 Å². The zero-order valence-electron chi connectivity index (χ0n) is 19.4. The number of nitrogens with zero attached hydrogens (tertiary/aromatic N) is 2. The molecule has 2 heterocycles. The van der Waals surface area contributed by atoms with Gasteiger partial charge in [0.2, 0.25) is 5.91 Å². The number of benzene rings is 2. The highest BCUT2D eigenvalue weighted by Gasteiger charge is 2.40. The Morgan fingerprint density at radius 2 is 1.74 bits per heavy atom. The standard InChI is InChI=1S/C26H30Cl2N2O4/c1-19-15-22(5-6-23(19)28)34-18-26(17-24(31)29-11-13-33-14-12-29)7-9-30(10-8-26)25(32)20-3-2-4-21(27)16-20/h2-6,15-16H,7-14,17-18H2,1H3. The molecule has 2 saturated heterocycles. The first-order valence-electron chi connectivity index (χ1n) is 11.6. The molecule has 2 amide bonds. The summed E-state index contributed by atoms with van der Waals surface area (Å²) in [6, 6.07) is 12.6. The molecule has 0 aliphatic carbocycles. The van der Waals surface area contributed by atoms with Crippen molar-refractivity contribution in [3.63, 3.8) is 0 Å². The van der Waals surface area contributed by atoms with Gasteiger partial charge < -0.3 is 19.3 Å². The maximum atomic E-state index is 13.2. The smallest absolute Gasteiger partial charge is 0.253 e. The summed E-state index contributed by atoms with van der Waals surface area (Å²) in [7, 11) is 0. The molecule has 0 atom stereocenters. The van der Waals surface area contributed by atoms with Crippen molar-refractivity contribution in [2.75, 3.05) is 46.0 Å². The van der Waals surface area contributed by atoms with Crippen molar-refractivity contribution in [3.8, 4) is 5.75 Å². The minimum atomic E-state index is -0.353. The Labute approximate surface area is 210 Å². The molecule has 182 valence electrons. The molecular weight excluding hydrogens is 475 g/mol. The van der Waals surface area contributed by atoms with Gasteiger partial charge in [-0.15, -0.1) is 0 Å². The number of hydrogen-bond acceptors (Lipinski definition) is 4. The molecule has 0 unspecified atom stereocenters. The van der Waals surface area contributed by atoms with Crippen molar-refractivity contribution in [3.05, 3.63) is 63.6 Å². The average Bonchev–Trinajstić information content (AvgIpc) is 2.85. The lowest BCUT2D eigenvalue weighted by molar-refractivity contribution is -0.139. The van der Waals surface area contributed by atoms with Gasteiger partial charge in [-0.25, -0.2) is 0 Å². The van der Waals surface area contributed by atoms with Crippen LogP contribution < -0.4 is 4.74 Å². The molecule has 2 aliphatic rings. The van der Waals surface area contributed by atoms with Gasteiger partial charge >= 0.3 is 0 Å². The zero-order chi connectivity index (χ0) is 24.1. The van der Waals surface area contributed by atoms with E-state index in [-0.39, 0.29) is 17.2 Å². The first-order chi connectivity index (χ1) is 16.3. The molecule has 0 saturated carbocycles. The van der Waals surface area contributed by atoms with Crippen molar-refractivity contribution in [2.45, 2.75) is 26.2 Å². The summed E-state index contributed by atoms with van der Waals surface area (Å²) in [4.78, 5) is 29.9. The minimum Gasteiger partial charge on any atom is -0.493 e. The van der Waals surface area contributed by atoms with E-state index < -0.39 is 0 Å². The van der Waals surface area contributed by atoms with Crippen LogP contribution in [0.5, 0.6) is 5.75 Å². The first-order valence-corrected chi connectivity index (χ1v) is 12.4. The van der Waals surface area contributed by atoms with Crippen LogP contribution in [0.1, 0.15) is 35.2 Å². The molecular formula is C26H30Cl2N2O4. The van der Waals surface area contributed by atoms with E-state index in [4.69, 9.17) is 32.7 Å². The van der Waals surface area contributed by atoms with Crippen molar-refractivity contribution in [1.82, 2.24) is 9.80 Å². The summed E-state index contributed by atoms with van der Waals surface area (Å²) < 4.78 is 11.6. The summed E-state index contributed by atoms with van der Waals surface area (Å²) in [6.07, 6.45) is 1.75. The van der Waals surface area contributed by atoms with Crippen molar-refractivity contribution < 1.29 is 19.1 Å². The van der Waals surface area contributed by atoms with Gasteiger partial charge in [0.15, 0.2) is 0 Å². The second-order valence-corrected chi connectivity index (χ2v) is 10.0. The van der Waals surface area contributed by atoms with Gasteiger partial charge in [-0.05, 0) is 61.7 Å². The first kappa shape index (κ1) is 24.8. The van der Waals surface area contributed by atoms with Crippen molar-refractivity contribution in [2.24, 2.45) is 5.41 Å². The Morgan fingerprint density at radius 1 is 1.00 bits per heavy atom. The number of rotatable bonds is 6. The maximum absolute atomic E-state index is 13.2. The highest BCUT2D eigenvalue weighted by atomic mass is 35.5. The third-order valence-electron chi connectivity index (χ3n) is 6.75. The van der Waals surface area contributed by atoms with Crippen LogP contribution in [-0.4, -0.2) is 67.6 Å². The summed E-state index contributed by atoms with van der Waals surface area (Å²) >= 11 is 12.2. The Morgan fingerprint density at radius 3 is 2.41 bits per heavy atom. The second-order valence-electron chi connectivity index (χ2n) is 9.17. The molecule has 0 aromatic heterocycles. The van der Waals surface area contributed by atoms with E-state index in [0.29, 0.717) is 80.9 Å². The van der Waals surface area contributed by atoms with Gasteiger partial charge in [0.25, 0.3) is 5.91 Å². The van der Waals surface area contributed by atoms with Crippen LogP contribution in [0.25, 0.3) is 0 Å². The lowest BCUT2D eigenvalue weighted by atomic mass is 9.75. The van der Waals surface area contributed by atoms with Crippen LogP contribution in [0.15, 0.2) is 42.5 Å². The summed E-state index contributed by atoms with van der Waals surface area (Å²) in [6.45, 7) is 5.84. The third-order valence-corrected chi connectivity index (χ3v) is 7.41. The molecule has 34 heavy (non-hydrogen) atoms. The third kappa shape index (κ3) is 6.04. The number of amides is 2. The number of morpholine rings is 1. The fourth-order valence-electron chi connectivity index (χ4n) is 4.55. The summed E-state index contributed by atoms with van der Waals surface area (Å²) in [5.41, 5.74) is 1.17. The number of hydrogen-bond donors (Lipinski definition) is 0. The van der Waals surface area contributed by atoms with Gasteiger partial charge in [-0.1, -0.05) is 29.3 Å². The second kappa shape index (κ2) is 11.0. The quantitative estimate of drug-likeness (QED) is 0.563. The molecule has 2 aromatic carbocycles. The lowest BCUT2D eigenvalue weighted by Crippen LogP contribution is -2.49. The average molecular weight is 505 g/mol. The van der Waals surface area contributed by atoms with Crippen LogP contribution in [-0.2, 0) is 9.53 Å². The van der Waals surface area contributed by atoms with Crippen molar-refractivity contribution in [1.29, 1.82) is 0 Å². The van der Waals surface area contributed by atoms with Gasteiger partial charge in [-0.3, -0.25) is 9.59 Å². The number of carbonyl (C=O) groups is 2. The highest BCUT2D eigenvalue weighted by molar-refractivity contribution is 6.31. The summed E-state index contributed by atoms with van der Waals surface area (Å²) in [5.74, 6) is 0.816. The Balaban J connectivity index is 1.46. The molecule has 2 aromatic rings. The number of carbonyl (C=O) groups excluding carboxylic acids is 2. The Kier molecular flexibility index (Phi) is 8.02. The molecule has 2 fully saturated rings. The fourth-order valence-corrected chi connectivity index (χ4v) is 4.86. The highest BCUT2D eigenvalue weighted by Crippen LogP contribution is 2.37. The van der Waals surface area contributed by atoms with Gasteiger partial charge in [0, 0.05) is 53.6 Å². The van der Waals surface area contributed by atoms with Gasteiger partial charge in [-0.2, -0.15) is 0 Å². The zero-order valence-corrected chi connectivity index (χ0v) is 20.9. The monoisotopic (exact) mass is 504 g/mol. The lowest BCUT2D eigenvalue weighted by Gasteiger charge is -2.42. The Hall–Kier alpha value is -2.28. The van der Waals surface area contributed by atoms with Crippen LogP contribution in [0.3, 0.4) is 0 Å². The molecule has 8 heteroatoms. The Bertz CT molecular complexity index is 1030. The van der Waals surface area contributed by atoms with Crippen LogP contribution >= 0.6 is 23.2 Å². The van der Waals surface area contributed by atoms with E-state index in [0.717, 1.165) is 11.3 Å². The van der Waals surface area contributed by atoms with Gasteiger partial charge in [0.05, 0.1) is 19.8 Å². The maximum Gasteiger partial charge on any atom is 0.253 e. The summed E-state index contributed by atoms with van der Waals surface area (Å²) in [5, 5.41) is 1.23. The molecule has 6 nitrogen and oxygen atoms in total. The SMILES string of the molecule is Cc1cc(OCC2(CC(=O)N3CCOCC3)CCN(C(=O)c3cccc(Cl)c3)CC2)ccc1Cl. The molecule has 0 radical (unpaired) electrons. The van der Waals surface area contributed by atoms with Crippen LogP contribution in [0.4, 0.5) is 0 Å². The predicted octanol–water partition coefficient (Wildman–Crippen LogP) is 4.85. The molecule has 2 aliphatic heterocycles. The number of halogens is 2. The van der Waals surface area contributed by atoms with E-state index >= 15 is 0 Å². The number of aryl methyl sites for hydroxylation is 1. The number of ether oxygens (including phenoxy) is 2. The normalized spacial score (nSPS) is 18.0.